The number of carbonyl (C=O) groups excluding carboxylic acids is 1. The van der Waals surface area contributed by atoms with E-state index in [4.69, 9.17) is 16.3 Å². The standard InChI is InChI=1S/C15H18ClNO2/c1-12(13-6-3-2-4-7-13)17(15(18)10-16)11-14-8-5-9-19-14/h2-4,6-7,14H,1,5,8-11H2. The SMILES string of the molecule is C=C(c1ccccc1)N(CC1CCCO1)C(=O)CCl. The van der Waals surface area contributed by atoms with Gasteiger partial charge in [0, 0.05) is 12.3 Å². The summed E-state index contributed by atoms with van der Waals surface area (Å²) in [5, 5.41) is 0. The summed E-state index contributed by atoms with van der Waals surface area (Å²) in [6.07, 6.45) is 2.12. The van der Waals surface area contributed by atoms with E-state index < -0.39 is 0 Å². The van der Waals surface area contributed by atoms with E-state index in [1.807, 2.05) is 30.3 Å². The van der Waals surface area contributed by atoms with E-state index in [1.165, 1.54) is 0 Å². The molecule has 0 aliphatic carbocycles. The molecule has 0 bridgehead atoms. The van der Waals surface area contributed by atoms with Crippen molar-refractivity contribution in [3.8, 4) is 0 Å². The molecule has 102 valence electrons. The van der Waals surface area contributed by atoms with Gasteiger partial charge in [-0.05, 0) is 18.4 Å². The molecule has 1 atom stereocenters. The molecule has 0 aromatic heterocycles. The normalized spacial score (nSPS) is 18.3. The number of hydrogen-bond acceptors (Lipinski definition) is 2. The third-order valence-corrected chi connectivity index (χ3v) is 3.49. The summed E-state index contributed by atoms with van der Waals surface area (Å²) < 4.78 is 5.59. The summed E-state index contributed by atoms with van der Waals surface area (Å²) in [4.78, 5) is 13.6. The Labute approximate surface area is 118 Å². The molecule has 19 heavy (non-hydrogen) atoms. The number of ether oxygens (including phenoxy) is 1. The highest BCUT2D eigenvalue weighted by Gasteiger charge is 2.24. The van der Waals surface area contributed by atoms with Gasteiger partial charge in [-0.3, -0.25) is 4.79 Å². The monoisotopic (exact) mass is 279 g/mol. The van der Waals surface area contributed by atoms with Crippen LogP contribution in [0.1, 0.15) is 18.4 Å². The van der Waals surface area contributed by atoms with E-state index in [0.717, 1.165) is 25.0 Å². The van der Waals surface area contributed by atoms with Crippen molar-refractivity contribution in [2.45, 2.75) is 18.9 Å². The molecular formula is C15H18ClNO2. The molecule has 0 spiro atoms. The molecule has 1 aromatic carbocycles. The molecule has 1 heterocycles. The zero-order valence-corrected chi connectivity index (χ0v) is 11.6. The first-order valence-corrected chi connectivity index (χ1v) is 6.98. The van der Waals surface area contributed by atoms with Crippen molar-refractivity contribution in [1.82, 2.24) is 4.90 Å². The minimum absolute atomic E-state index is 0.0431. The van der Waals surface area contributed by atoms with E-state index in [2.05, 4.69) is 6.58 Å². The Bertz CT molecular complexity index is 441. The molecule has 1 saturated heterocycles. The van der Waals surface area contributed by atoms with Gasteiger partial charge >= 0.3 is 0 Å². The summed E-state index contributed by atoms with van der Waals surface area (Å²) in [6.45, 7) is 5.32. The maximum atomic E-state index is 12.0. The largest absolute Gasteiger partial charge is 0.376 e. The van der Waals surface area contributed by atoms with Gasteiger partial charge in [0.05, 0.1) is 12.6 Å². The molecule has 1 amide bonds. The fourth-order valence-corrected chi connectivity index (χ4v) is 2.36. The van der Waals surface area contributed by atoms with Gasteiger partial charge < -0.3 is 9.64 Å². The predicted octanol–water partition coefficient (Wildman–Crippen LogP) is 2.90. The molecular weight excluding hydrogens is 262 g/mol. The first-order chi connectivity index (χ1) is 9.22. The lowest BCUT2D eigenvalue weighted by Gasteiger charge is -2.26. The lowest BCUT2D eigenvalue weighted by atomic mass is 10.1. The van der Waals surface area contributed by atoms with E-state index in [0.29, 0.717) is 12.2 Å². The van der Waals surface area contributed by atoms with Gasteiger partial charge in [0.15, 0.2) is 0 Å². The van der Waals surface area contributed by atoms with Crippen LogP contribution < -0.4 is 0 Å². The molecule has 0 N–H and O–H groups in total. The van der Waals surface area contributed by atoms with E-state index in [1.54, 1.807) is 4.90 Å². The number of alkyl halides is 1. The highest BCUT2D eigenvalue weighted by atomic mass is 35.5. The Balaban J connectivity index is 2.12. The summed E-state index contributed by atoms with van der Waals surface area (Å²) in [6, 6.07) is 9.66. The first kappa shape index (κ1) is 14.1. The third-order valence-electron chi connectivity index (χ3n) is 3.26. The van der Waals surface area contributed by atoms with Crippen LogP contribution in [-0.2, 0) is 9.53 Å². The molecule has 3 nitrogen and oxygen atoms in total. The number of carbonyl (C=O) groups is 1. The van der Waals surface area contributed by atoms with Crippen LogP contribution in [0.3, 0.4) is 0 Å². The topological polar surface area (TPSA) is 29.5 Å². The maximum absolute atomic E-state index is 12.0. The van der Waals surface area contributed by atoms with Crippen molar-refractivity contribution in [2.24, 2.45) is 0 Å². The van der Waals surface area contributed by atoms with Crippen LogP contribution in [0.4, 0.5) is 0 Å². The quantitative estimate of drug-likeness (QED) is 0.776. The van der Waals surface area contributed by atoms with E-state index >= 15 is 0 Å². The molecule has 1 unspecified atom stereocenters. The van der Waals surface area contributed by atoms with Gasteiger partial charge in [-0.25, -0.2) is 0 Å². The lowest BCUT2D eigenvalue weighted by Crippen LogP contribution is -2.36. The van der Waals surface area contributed by atoms with Crippen molar-refractivity contribution in [1.29, 1.82) is 0 Å². The number of rotatable bonds is 5. The summed E-state index contributed by atoms with van der Waals surface area (Å²) in [7, 11) is 0. The molecule has 1 aromatic rings. The van der Waals surface area contributed by atoms with Crippen LogP contribution in [0, 0.1) is 0 Å². The number of nitrogens with zero attached hydrogens (tertiary/aromatic N) is 1. The molecule has 1 aliphatic heterocycles. The second kappa shape index (κ2) is 6.73. The number of halogens is 1. The van der Waals surface area contributed by atoms with Gasteiger partial charge in [-0.15, -0.1) is 11.6 Å². The summed E-state index contributed by atoms with van der Waals surface area (Å²) >= 11 is 5.69. The second-order valence-corrected chi connectivity index (χ2v) is 4.85. The number of amides is 1. The van der Waals surface area contributed by atoms with Crippen LogP contribution in [0.5, 0.6) is 0 Å². The molecule has 0 saturated carbocycles. The zero-order chi connectivity index (χ0) is 13.7. The van der Waals surface area contributed by atoms with Crippen molar-refractivity contribution in [2.75, 3.05) is 19.0 Å². The molecule has 1 aliphatic rings. The van der Waals surface area contributed by atoms with Gasteiger partial charge in [0.1, 0.15) is 5.88 Å². The van der Waals surface area contributed by atoms with Crippen molar-refractivity contribution in [3.63, 3.8) is 0 Å². The zero-order valence-electron chi connectivity index (χ0n) is 10.8. The Morgan fingerprint density at radius 2 is 2.16 bits per heavy atom. The average molecular weight is 280 g/mol. The van der Waals surface area contributed by atoms with Crippen molar-refractivity contribution < 1.29 is 9.53 Å². The minimum Gasteiger partial charge on any atom is -0.376 e. The molecule has 0 radical (unpaired) electrons. The predicted molar refractivity (Wildman–Crippen MR) is 76.9 cm³/mol. The third kappa shape index (κ3) is 3.58. The highest BCUT2D eigenvalue weighted by Crippen LogP contribution is 2.21. The van der Waals surface area contributed by atoms with E-state index in [-0.39, 0.29) is 17.9 Å². The van der Waals surface area contributed by atoms with Gasteiger partial charge in [0.25, 0.3) is 0 Å². The number of benzene rings is 1. The van der Waals surface area contributed by atoms with Crippen LogP contribution in [0.2, 0.25) is 0 Å². The van der Waals surface area contributed by atoms with Crippen LogP contribution in [-0.4, -0.2) is 35.9 Å². The Morgan fingerprint density at radius 3 is 2.74 bits per heavy atom. The van der Waals surface area contributed by atoms with Crippen molar-refractivity contribution >= 4 is 23.2 Å². The minimum atomic E-state index is -0.133. The van der Waals surface area contributed by atoms with Gasteiger partial charge in [-0.1, -0.05) is 36.9 Å². The lowest BCUT2D eigenvalue weighted by molar-refractivity contribution is -0.126. The summed E-state index contributed by atoms with van der Waals surface area (Å²) in [5.74, 6) is -0.176. The fourth-order valence-electron chi connectivity index (χ4n) is 2.21. The number of hydrogen-bond donors (Lipinski definition) is 0. The highest BCUT2D eigenvalue weighted by molar-refractivity contribution is 6.27. The molecule has 2 rings (SSSR count). The Hall–Kier alpha value is -1.32. The van der Waals surface area contributed by atoms with Crippen molar-refractivity contribution in [3.05, 3.63) is 42.5 Å². The Kier molecular flexibility index (Phi) is 5.00. The molecule has 1 fully saturated rings. The first-order valence-electron chi connectivity index (χ1n) is 6.44. The average Bonchev–Trinajstić information content (AvgIpc) is 2.97. The maximum Gasteiger partial charge on any atom is 0.241 e. The fraction of sp³-hybridized carbons (Fsp3) is 0.400. The van der Waals surface area contributed by atoms with E-state index in [9.17, 15) is 4.79 Å². The molecule has 4 heteroatoms. The Morgan fingerprint density at radius 1 is 1.42 bits per heavy atom. The smallest absolute Gasteiger partial charge is 0.241 e. The van der Waals surface area contributed by atoms with Crippen LogP contribution in [0.15, 0.2) is 36.9 Å². The second-order valence-electron chi connectivity index (χ2n) is 4.59. The van der Waals surface area contributed by atoms with Gasteiger partial charge in [0.2, 0.25) is 5.91 Å². The van der Waals surface area contributed by atoms with Crippen LogP contribution in [0.25, 0.3) is 5.70 Å². The summed E-state index contributed by atoms with van der Waals surface area (Å²) in [5.41, 5.74) is 1.61. The van der Waals surface area contributed by atoms with Gasteiger partial charge in [-0.2, -0.15) is 0 Å². The van der Waals surface area contributed by atoms with Crippen LogP contribution >= 0.6 is 11.6 Å².